The van der Waals surface area contributed by atoms with E-state index < -0.39 is 5.82 Å². The number of pyridine rings is 1. The van der Waals surface area contributed by atoms with Crippen LogP contribution in [0.4, 0.5) is 10.2 Å². The summed E-state index contributed by atoms with van der Waals surface area (Å²) in [7, 11) is 0. The van der Waals surface area contributed by atoms with Crippen molar-refractivity contribution in [2.45, 2.75) is 13.8 Å². The fraction of sp³-hybridized carbons (Fsp3) is 0.188. The summed E-state index contributed by atoms with van der Waals surface area (Å²) in [5, 5.41) is 11.4. The highest BCUT2D eigenvalue weighted by Crippen LogP contribution is 2.23. The highest BCUT2D eigenvalue weighted by Gasteiger charge is 2.08. The van der Waals surface area contributed by atoms with Crippen molar-refractivity contribution in [1.82, 2.24) is 4.98 Å². The molecule has 0 saturated heterocycles. The zero-order valence-electron chi connectivity index (χ0n) is 12.1. The van der Waals surface area contributed by atoms with Crippen molar-refractivity contribution in [3.8, 4) is 17.6 Å². The lowest BCUT2D eigenvalue weighted by atomic mass is 10.2. The van der Waals surface area contributed by atoms with Gasteiger partial charge in [0, 0.05) is 12.0 Å². The van der Waals surface area contributed by atoms with Gasteiger partial charge in [-0.1, -0.05) is 13.8 Å². The zero-order chi connectivity index (χ0) is 16.1. The Balaban J connectivity index is 2.10. The van der Waals surface area contributed by atoms with Crippen LogP contribution in [0, 0.1) is 23.1 Å². The van der Waals surface area contributed by atoms with E-state index in [1.54, 1.807) is 26.0 Å². The van der Waals surface area contributed by atoms with Crippen LogP contribution in [0.2, 0.25) is 0 Å². The molecule has 1 N–H and O–H groups in total. The molecule has 0 atom stereocenters. The predicted octanol–water partition coefficient (Wildman–Crippen LogP) is 3.48. The van der Waals surface area contributed by atoms with Crippen molar-refractivity contribution in [3.05, 3.63) is 47.9 Å². The van der Waals surface area contributed by atoms with Crippen molar-refractivity contribution < 1.29 is 13.9 Å². The molecule has 0 aliphatic rings. The van der Waals surface area contributed by atoms with Crippen LogP contribution in [0.1, 0.15) is 19.4 Å². The average Bonchev–Trinajstić information content (AvgIpc) is 2.48. The summed E-state index contributed by atoms with van der Waals surface area (Å²) in [4.78, 5) is 15.6. The molecular formula is C16H14FN3O2. The minimum atomic E-state index is -0.553. The number of benzene rings is 1. The van der Waals surface area contributed by atoms with Gasteiger partial charge < -0.3 is 10.1 Å². The Hall–Kier alpha value is -2.94. The molecule has 1 amide bonds. The van der Waals surface area contributed by atoms with Gasteiger partial charge in [0.05, 0.1) is 17.8 Å². The number of carbonyl (C=O) groups excluding carboxylic acids is 1. The molecule has 0 radical (unpaired) electrons. The van der Waals surface area contributed by atoms with Crippen molar-refractivity contribution >= 4 is 11.7 Å². The van der Waals surface area contributed by atoms with E-state index in [2.05, 4.69) is 10.3 Å². The molecule has 0 unspecified atom stereocenters. The maximum atomic E-state index is 13.3. The highest BCUT2D eigenvalue weighted by atomic mass is 19.1. The van der Waals surface area contributed by atoms with Crippen LogP contribution in [-0.2, 0) is 4.79 Å². The number of nitrogens with one attached hydrogen (secondary N) is 1. The van der Waals surface area contributed by atoms with E-state index in [9.17, 15) is 9.18 Å². The molecule has 5 nitrogen and oxygen atoms in total. The van der Waals surface area contributed by atoms with E-state index in [0.29, 0.717) is 11.6 Å². The van der Waals surface area contributed by atoms with Crippen molar-refractivity contribution in [2.24, 2.45) is 5.92 Å². The minimum absolute atomic E-state index is 0.134. The van der Waals surface area contributed by atoms with Gasteiger partial charge in [0.15, 0.2) is 0 Å². The molecule has 2 aromatic rings. The van der Waals surface area contributed by atoms with Gasteiger partial charge in [0.1, 0.15) is 23.1 Å². The first-order valence-electron chi connectivity index (χ1n) is 6.63. The van der Waals surface area contributed by atoms with E-state index in [0.717, 1.165) is 6.07 Å². The topological polar surface area (TPSA) is 75.0 Å². The van der Waals surface area contributed by atoms with Crippen molar-refractivity contribution in [2.75, 3.05) is 5.32 Å². The summed E-state index contributed by atoms with van der Waals surface area (Å²) >= 11 is 0. The number of halogens is 1. The molecule has 0 spiro atoms. The molecule has 0 aliphatic heterocycles. The monoisotopic (exact) mass is 299 g/mol. The minimum Gasteiger partial charge on any atom is -0.456 e. The standard InChI is InChI=1S/C16H14FN3O2/c1-10(2)16(21)20-15-4-3-13(9-19-15)22-14-6-11(8-18)5-12(17)7-14/h3-7,9-10H,1-2H3,(H,19,20,21). The number of rotatable bonds is 4. The largest absolute Gasteiger partial charge is 0.456 e. The smallest absolute Gasteiger partial charge is 0.228 e. The number of carbonyl (C=O) groups is 1. The molecule has 1 heterocycles. The second-order valence-electron chi connectivity index (χ2n) is 4.91. The Kier molecular flexibility index (Phi) is 4.69. The Morgan fingerprint density at radius 1 is 1.32 bits per heavy atom. The average molecular weight is 299 g/mol. The SMILES string of the molecule is CC(C)C(=O)Nc1ccc(Oc2cc(F)cc(C#N)c2)cn1. The molecule has 1 aromatic carbocycles. The number of nitriles is 1. The van der Waals surface area contributed by atoms with E-state index in [1.165, 1.54) is 18.3 Å². The van der Waals surface area contributed by atoms with Crippen LogP contribution < -0.4 is 10.1 Å². The fourth-order valence-corrected chi connectivity index (χ4v) is 1.61. The molecule has 112 valence electrons. The van der Waals surface area contributed by atoms with Gasteiger partial charge in [-0.2, -0.15) is 5.26 Å². The number of ether oxygens (including phenoxy) is 1. The van der Waals surface area contributed by atoms with E-state index in [1.807, 2.05) is 6.07 Å². The number of amides is 1. The lowest BCUT2D eigenvalue weighted by molar-refractivity contribution is -0.118. The fourth-order valence-electron chi connectivity index (χ4n) is 1.61. The third-order valence-electron chi connectivity index (χ3n) is 2.75. The van der Waals surface area contributed by atoms with E-state index >= 15 is 0 Å². The summed E-state index contributed by atoms with van der Waals surface area (Å²) < 4.78 is 18.7. The first-order chi connectivity index (χ1) is 10.5. The van der Waals surface area contributed by atoms with Gasteiger partial charge in [0.2, 0.25) is 5.91 Å². The first kappa shape index (κ1) is 15.4. The van der Waals surface area contributed by atoms with Crippen molar-refractivity contribution in [3.63, 3.8) is 0 Å². The van der Waals surface area contributed by atoms with Gasteiger partial charge in [-0.05, 0) is 24.3 Å². The van der Waals surface area contributed by atoms with Crippen LogP contribution in [0.25, 0.3) is 0 Å². The summed E-state index contributed by atoms with van der Waals surface area (Å²) in [6, 6.07) is 8.76. The second-order valence-corrected chi connectivity index (χ2v) is 4.91. The van der Waals surface area contributed by atoms with Gasteiger partial charge in [-0.25, -0.2) is 9.37 Å². The van der Waals surface area contributed by atoms with Gasteiger partial charge in [-0.3, -0.25) is 4.79 Å². The Morgan fingerprint density at radius 3 is 2.68 bits per heavy atom. The predicted molar refractivity (Wildman–Crippen MR) is 78.9 cm³/mol. The highest BCUT2D eigenvalue weighted by molar-refractivity contribution is 5.91. The number of hydrogen-bond donors (Lipinski definition) is 1. The normalized spacial score (nSPS) is 10.1. The van der Waals surface area contributed by atoms with E-state index in [-0.39, 0.29) is 23.1 Å². The van der Waals surface area contributed by atoms with Gasteiger partial charge >= 0.3 is 0 Å². The van der Waals surface area contributed by atoms with Crippen LogP contribution in [0.3, 0.4) is 0 Å². The maximum Gasteiger partial charge on any atom is 0.228 e. The summed E-state index contributed by atoms with van der Waals surface area (Å²) in [6.45, 7) is 3.56. The molecule has 2 rings (SSSR count). The summed E-state index contributed by atoms with van der Waals surface area (Å²) in [5.41, 5.74) is 0.170. The Bertz CT molecular complexity index is 721. The van der Waals surface area contributed by atoms with Crippen LogP contribution >= 0.6 is 0 Å². The Labute approximate surface area is 127 Å². The zero-order valence-corrected chi connectivity index (χ0v) is 12.1. The number of aromatic nitrogens is 1. The number of hydrogen-bond acceptors (Lipinski definition) is 4. The second kappa shape index (κ2) is 6.68. The molecule has 0 fully saturated rings. The molecule has 0 bridgehead atoms. The number of nitrogens with zero attached hydrogens (tertiary/aromatic N) is 2. The molecule has 0 aliphatic carbocycles. The number of anilines is 1. The quantitative estimate of drug-likeness (QED) is 0.937. The first-order valence-corrected chi connectivity index (χ1v) is 6.63. The molecule has 0 saturated carbocycles. The van der Waals surface area contributed by atoms with Gasteiger partial charge in [-0.15, -0.1) is 0 Å². The van der Waals surface area contributed by atoms with Gasteiger partial charge in [0.25, 0.3) is 0 Å². The van der Waals surface area contributed by atoms with E-state index in [4.69, 9.17) is 10.00 Å². The third-order valence-corrected chi connectivity index (χ3v) is 2.75. The van der Waals surface area contributed by atoms with Crippen LogP contribution in [0.5, 0.6) is 11.5 Å². The van der Waals surface area contributed by atoms with Crippen LogP contribution in [0.15, 0.2) is 36.5 Å². The summed E-state index contributed by atoms with van der Waals surface area (Å²) in [5.74, 6) is 0.152. The molecule has 22 heavy (non-hydrogen) atoms. The Morgan fingerprint density at radius 2 is 2.09 bits per heavy atom. The molecule has 6 heteroatoms. The lowest BCUT2D eigenvalue weighted by Gasteiger charge is -2.09. The molecular weight excluding hydrogens is 285 g/mol. The molecule has 1 aromatic heterocycles. The lowest BCUT2D eigenvalue weighted by Crippen LogP contribution is -2.18. The van der Waals surface area contributed by atoms with Crippen LogP contribution in [-0.4, -0.2) is 10.9 Å². The third kappa shape index (κ3) is 4.03. The summed E-state index contributed by atoms with van der Waals surface area (Å²) in [6.07, 6.45) is 1.41. The van der Waals surface area contributed by atoms with Crippen molar-refractivity contribution in [1.29, 1.82) is 5.26 Å². The maximum absolute atomic E-state index is 13.3.